The zero-order valence-corrected chi connectivity index (χ0v) is 13.2. The van der Waals surface area contributed by atoms with Crippen molar-refractivity contribution in [3.8, 4) is 0 Å². The molecule has 6 saturated carbocycles. The lowest BCUT2D eigenvalue weighted by molar-refractivity contribution is -0.00263. The molecule has 0 nitrogen and oxygen atoms in total. The Balaban J connectivity index is 1.26. The lowest BCUT2D eigenvalue weighted by atomic mass is 9.56. The van der Waals surface area contributed by atoms with E-state index in [-0.39, 0.29) is 0 Å². The fourth-order valence-corrected chi connectivity index (χ4v) is 10.9. The van der Waals surface area contributed by atoms with Gasteiger partial charge in [-0.3, -0.25) is 0 Å². The molecule has 2 unspecified atom stereocenters. The average Bonchev–Trinajstić information content (AvgIpc) is 3.40. The molecule has 0 spiro atoms. The molecule has 0 aromatic heterocycles. The summed E-state index contributed by atoms with van der Waals surface area (Å²) >= 11 is 0. The van der Waals surface area contributed by atoms with Crippen LogP contribution in [0.2, 0.25) is 0 Å². The van der Waals surface area contributed by atoms with Crippen LogP contribution in [0.5, 0.6) is 0 Å². The molecule has 0 aliphatic heterocycles. The van der Waals surface area contributed by atoms with E-state index >= 15 is 0 Å². The predicted octanol–water partition coefficient (Wildman–Crippen LogP) is 4.39. The van der Waals surface area contributed by atoms with Gasteiger partial charge in [0.1, 0.15) is 0 Å². The Morgan fingerprint density at radius 3 is 1.00 bits per heavy atom. The molecule has 0 saturated heterocycles. The van der Waals surface area contributed by atoms with Gasteiger partial charge < -0.3 is 0 Å². The van der Waals surface area contributed by atoms with E-state index in [1.807, 2.05) is 0 Å². The first kappa shape index (κ1) is 11.1. The molecule has 8 aliphatic rings. The van der Waals surface area contributed by atoms with Gasteiger partial charge in [0.05, 0.1) is 0 Å². The van der Waals surface area contributed by atoms with Gasteiger partial charge in [-0.05, 0) is 109 Å². The lowest BCUT2D eigenvalue weighted by Gasteiger charge is -2.49. The molecule has 114 valence electrons. The largest absolute Gasteiger partial charge is 0.0848 e. The molecule has 0 heterocycles. The van der Waals surface area contributed by atoms with E-state index in [1.54, 1.807) is 25.7 Å². The van der Waals surface area contributed by atoms with Gasteiger partial charge in [0.25, 0.3) is 0 Å². The molecule has 0 amide bonds. The van der Waals surface area contributed by atoms with Gasteiger partial charge in [-0.25, -0.2) is 0 Å². The standard InChI is InChI=1S/C22H26/c1-2-10-5-9(1)17-13-7-14(18(10)17)22-16-8-15(21(13)22)19-11-3-4-12(6-11)20(16)19/h1-4,9-22H,5-8H2/t9-,10+,11+,12-,13+,14-,15-,16+,17-,18+,19+,20-,21?,22?. The van der Waals surface area contributed by atoms with Crippen molar-refractivity contribution in [2.24, 2.45) is 82.9 Å². The van der Waals surface area contributed by atoms with E-state index in [1.165, 1.54) is 35.5 Å². The summed E-state index contributed by atoms with van der Waals surface area (Å²) in [5.74, 6) is 15.7. The minimum atomic E-state index is 1.01. The lowest BCUT2D eigenvalue weighted by Crippen LogP contribution is -2.45. The maximum absolute atomic E-state index is 2.64. The van der Waals surface area contributed by atoms with Crippen molar-refractivity contribution < 1.29 is 0 Å². The summed E-state index contributed by atoms with van der Waals surface area (Å²) in [5.41, 5.74) is 0. The van der Waals surface area contributed by atoms with Crippen LogP contribution in [-0.4, -0.2) is 0 Å². The van der Waals surface area contributed by atoms with Crippen LogP contribution in [0.3, 0.4) is 0 Å². The minimum absolute atomic E-state index is 1.01. The van der Waals surface area contributed by atoms with Gasteiger partial charge in [-0.1, -0.05) is 24.3 Å². The SMILES string of the molecule is C1=C[C@H]2C[C@@H]1[C@H]1[C@@H]2[C@H]2C[C@@H]1C1C2[C@H]2C[C@@H]1[C@H]1[C@@H]2[C@@H]2C=C[C@H]1C2. The normalized spacial score (nSPS) is 76.0. The highest BCUT2D eigenvalue weighted by Gasteiger charge is 2.74. The van der Waals surface area contributed by atoms with Crippen LogP contribution in [0.15, 0.2) is 24.3 Å². The average molecular weight is 290 g/mol. The van der Waals surface area contributed by atoms with E-state index in [9.17, 15) is 0 Å². The third kappa shape index (κ3) is 0.910. The maximum Gasteiger partial charge on any atom is -0.0194 e. The van der Waals surface area contributed by atoms with Crippen molar-refractivity contribution in [3.63, 3.8) is 0 Å². The molecule has 8 rings (SSSR count). The summed E-state index contributed by atoms with van der Waals surface area (Å²) in [6.07, 6.45) is 17.0. The fourth-order valence-electron chi connectivity index (χ4n) is 10.9. The van der Waals surface area contributed by atoms with Crippen molar-refractivity contribution in [2.75, 3.05) is 0 Å². The van der Waals surface area contributed by atoms with E-state index in [2.05, 4.69) is 24.3 Å². The Kier molecular flexibility index (Phi) is 1.60. The minimum Gasteiger partial charge on any atom is -0.0848 e. The topological polar surface area (TPSA) is 0 Å². The van der Waals surface area contributed by atoms with Gasteiger partial charge in [-0.2, -0.15) is 0 Å². The van der Waals surface area contributed by atoms with E-state index in [0.29, 0.717) is 0 Å². The highest BCUT2D eigenvalue weighted by molar-refractivity contribution is 5.29. The predicted molar refractivity (Wildman–Crippen MR) is 85.6 cm³/mol. The van der Waals surface area contributed by atoms with Gasteiger partial charge in [-0.15, -0.1) is 0 Å². The number of allylic oxidation sites excluding steroid dienone is 4. The Hall–Kier alpha value is -0.520. The monoisotopic (exact) mass is 290 g/mol. The van der Waals surface area contributed by atoms with Crippen LogP contribution in [0, 0.1) is 82.9 Å². The van der Waals surface area contributed by atoms with E-state index < -0.39 is 0 Å². The smallest absolute Gasteiger partial charge is 0.0194 e. The summed E-state index contributed by atoms with van der Waals surface area (Å²) in [7, 11) is 0. The van der Waals surface area contributed by atoms with Gasteiger partial charge in [0, 0.05) is 0 Å². The zero-order valence-electron chi connectivity index (χ0n) is 13.2. The first-order valence-corrected chi connectivity index (χ1v) is 10.3. The second-order valence-electron chi connectivity index (χ2n) is 10.5. The van der Waals surface area contributed by atoms with Crippen LogP contribution in [-0.2, 0) is 0 Å². The molecule has 0 N–H and O–H groups in total. The van der Waals surface area contributed by atoms with Crippen LogP contribution in [0.1, 0.15) is 25.7 Å². The van der Waals surface area contributed by atoms with Gasteiger partial charge in [0.15, 0.2) is 0 Å². The first-order chi connectivity index (χ1) is 10.9. The molecular formula is C22H26. The van der Waals surface area contributed by atoms with E-state index in [4.69, 9.17) is 0 Å². The van der Waals surface area contributed by atoms with Crippen molar-refractivity contribution in [1.82, 2.24) is 0 Å². The summed E-state index contributed by atoms with van der Waals surface area (Å²) in [5, 5.41) is 0. The molecule has 22 heavy (non-hydrogen) atoms. The van der Waals surface area contributed by atoms with Crippen molar-refractivity contribution in [2.45, 2.75) is 25.7 Å². The molecule has 0 aromatic carbocycles. The number of fused-ring (bicyclic) bond motifs is 23. The molecule has 8 bridgehead atoms. The molecule has 14 atom stereocenters. The van der Waals surface area contributed by atoms with Crippen molar-refractivity contribution >= 4 is 0 Å². The highest BCUT2D eigenvalue weighted by Crippen LogP contribution is 2.80. The molecule has 8 aliphatic carbocycles. The molecular weight excluding hydrogens is 264 g/mol. The maximum atomic E-state index is 2.64. The van der Waals surface area contributed by atoms with E-state index in [0.717, 1.165) is 47.3 Å². The number of hydrogen-bond acceptors (Lipinski definition) is 0. The summed E-state index contributed by atoms with van der Waals surface area (Å²) in [6, 6.07) is 0. The second kappa shape index (κ2) is 3.17. The highest BCUT2D eigenvalue weighted by atomic mass is 14.8. The van der Waals surface area contributed by atoms with Crippen molar-refractivity contribution in [1.29, 1.82) is 0 Å². The van der Waals surface area contributed by atoms with Crippen LogP contribution < -0.4 is 0 Å². The quantitative estimate of drug-likeness (QED) is 0.458. The molecule has 0 radical (unpaired) electrons. The second-order valence-corrected chi connectivity index (χ2v) is 10.5. The fraction of sp³-hybridized carbons (Fsp3) is 0.818. The molecule has 6 fully saturated rings. The molecule has 0 aromatic rings. The number of hydrogen-bond donors (Lipinski definition) is 0. The first-order valence-electron chi connectivity index (χ1n) is 10.3. The van der Waals surface area contributed by atoms with Crippen LogP contribution in [0.4, 0.5) is 0 Å². The third-order valence-electron chi connectivity index (χ3n) is 10.7. The Morgan fingerprint density at radius 1 is 0.364 bits per heavy atom. The van der Waals surface area contributed by atoms with Crippen LogP contribution >= 0.6 is 0 Å². The Bertz CT molecular complexity index is 538. The Morgan fingerprint density at radius 2 is 0.682 bits per heavy atom. The third-order valence-corrected chi connectivity index (χ3v) is 10.7. The van der Waals surface area contributed by atoms with Crippen LogP contribution in [0.25, 0.3) is 0 Å². The summed E-state index contributed by atoms with van der Waals surface area (Å²) in [6.45, 7) is 0. The molecule has 0 heteroatoms. The summed E-state index contributed by atoms with van der Waals surface area (Å²) < 4.78 is 0. The van der Waals surface area contributed by atoms with Gasteiger partial charge >= 0.3 is 0 Å². The zero-order chi connectivity index (χ0) is 13.7. The van der Waals surface area contributed by atoms with Crippen molar-refractivity contribution in [3.05, 3.63) is 24.3 Å². The Labute approximate surface area is 133 Å². The summed E-state index contributed by atoms with van der Waals surface area (Å²) in [4.78, 5) is 0. The van der Waals surface area contributed by atoms with Gasteiger partial charge in [0.2, 0.25) is 0 Å². The number of rotatable bonds is 0.